The third-order valence-corrected chi connectivity index (χ3v) is 3.53. The van der Waals surface area contributed by atoms with Gasteiger partial charge in [0.2, 0.25) is 0 Å². The molecule has 0 saturated heterocycles. The Labute approximate surface area is 121 Å². The second-order valence-electron chi connectivity index (χ2n) is 4.89. The summed E-state index contributed by atoms with van der Waals surface area (Å²) in [5.74, 6) is 0.0269. The smallest absolute Gasteiger partial charge is 0.258 e. The van der Waals surface area contributed by atoms with Gasteiger partial charge in [-0.25, -0.2) is 4.39 Å². The molecular weight excluding hydrogens is 285 g/mol. The molecule has 0 bridgehead atoms. The summed E-state index contributed by atoms with van der Waals surface area (Å²) in [6.07, 6.45) is 2.72. The molecule has 110 valence electrons. The molecule has 0 aromatic heterocycles. The lowest BCUT2D eigenvalue weighted by Gasteiger charge is -2.17. The fraction of sp³-hybridized carbons (Fsp3) is 0.500. The van der Waals surface area contributed by atoms with Gasteiger partial charge in [0.15, 0.2) is 6.61 Å². The van der Waals surface area contributed by atoms with Crippen molar-refractivity contribution in [1.29, 1.82) is 0 Å². The lowest BCUT2D eigenvalue weighted by atomic mass is 10.1. The van der Waals surface area contributed by atoms with Crippen LogP contribution in [0.5, 0.6) is 5.75 Å². The van der Waals surface area contributed by atoms with Gasteiger partial charge in [-0.1, -0.05) is 11.6 Å². The molecule has 2 rings (SSSR count). The number of carbonyl (C=O) groups excluding carboxylic acids is 1. The molecule has 0 heterocycles. The molecule has 0 spiro atoms. The zero-order chi connectivity index (χ0) is 14.5. The van der Waals surface area contributed by atoms with Crippen molar-refractivity contribution in [2.45, 2.75) is 25.3 Å². The Kier molecular flexibility index (Phi) is 5.20. The average molecular weight is 302 g/mol. The van der Waals surface area contributed by atoms with Gasteiger partial charge < -0.3 is 15.2 Å². The molecule has 0 aliphatic heterocycles. The van der Waals surface area contributed by atoms with Crippen LogP contribution in [0, 0.1) is 11.7 Å². The summed E-state index contributed by atoms with van der Waals surface area (Å²) in [5.41, 5.74) is 0. The van der Waals surface area contributed by atoms with E-state index in [9.17, 15) is 9.18 Å². The molecule has 1 aromatic rings. The third-order valence-electron chi connectivity index (χ3n) is 3.24. The van der Waals surface area contributed by atoms with E-state index in [-0.39, 0.29) is 30.2 Å². The SMILES string of the molecule is O=C(COc1ccc(F)c(Cl)c1)NC(CCO)C1CC1. The van der Waals surface area contributed by atoms with E-state index in [4.69, 9.17) is 21.4 Å². The minimum absolute atomic E-state index is 0.00732. The quantitative estimate of drug-likeness (QED) is 0.811. The number of rotatable bonds is 7. The highest BCUT2D eigenvalue weighted by molar-refractivity contribution is 6.30. The largest absolute Gasteiger partial charge is 0.484 e. The van der Waals surface area contributed by atoms with Crippen molar-refractivity contribution >= 4 is 17.5 Å². The zero-order valence-corrected chi connectivity index (χ0v) is 11.7. The fourth-order valence-electron chi connectivity index (χ4n) is 2.03. The monoisotopic (exact) mass is 301 g/mol. The fourth-order valence-corrected chi connectivity index (χ4v) is 2.20. The van der Waals surface area contributed by atoms with Gasteiger partial charge in [-0.15, -0.1) is 0 Å². The van der Waals surface area contributed by atoms with Gasteiger partial charge >= 0.3 is 0 Å². The van der Waals surface area contributed by atoms with E-state index in [0.29, 0.717) is 18.1 Å². The number of amides is 1. The van der Waals surface area contributed by atoms with Crippen molar-refractivity contribution in [2.24, 2.45) is 5.92 Å². The molecule has 1 aliphatic carbocycles. The highest BCUT2D eigenvalue weighted by atomic mass is 35.5. The zero-order valence-electron chi connectivity index (χ0n) is 10.9. The lowest BCUT2D eigenvalue weighted by molar-refractivity contribution is -0.124. The maximum atomic E-state index is 13.0. The van der Waals surface area contributed by atoms with Crippen molar-refractivity contribution < 1.29 is 19.0 Å². The summed E-state index contributed by atoms with van der Waals surface area (Å²) in [5, 5.41) is 11.8. The van der Waals surface area contributed by atoms with E-state index in [0.717, 1.165) is 12.8 Å². The molecule has 1 saturated carbocycles. The predicted octanol–water partition coefficient (Wildman–Crippen LogP) is 2.14. The molecule has 20 heavy (non-hydrogen) atoms. The molecular formula is C14H17ClFNO3. The normalized spacial score (nSPS) is 15.8. The Morgan fingerprint density at radius 1 is 1.55 bits per heavy atom. The Bertz CT molecular complexity index is 479. The van der Waals surface area contributed by atoms with Crippen LogP contribution in [0.3, 0.4) is 0 Å². The molecule has 1 atom stereocenters. The van der Waals surface area contributed by atoms with Crippen LogP contribution in [0.1, 0.15) is 19.3 Å². The second-order valence-corrected chi connectivity index (χ2v) is 5.30. The van der Waals surface area contributed by atoms with Crippen molar-refractivity contribution in [3.8, 4) is 5.75 Å². The number of benzene rings is 1. The number of halogens is 2. The maximum absolute atomic E-state index is 13.0. The third kappa shape index (κ3) is 4.35. The number of aliphatic hydroxyl groups is 1. The van der Waals surface area contributed by atoms with Gasteiger partial charge in [-0.05, 0) is 37.3 Å². The van der Waals surface area contributed by atoms with Crippen molar-refractivity contribution in [3.63, 3.8) is 0 Å². The van der Waals surface area contributed by atoms with E-state index in [2.05, 4.69) is 5.32 Å². The summed E-state index contributed by atoms with van der Waals surface area (Å²) in [6, 6.07) is 3.94. The molecule has 4 nitrogen and oxygen atoms in total. The predicted molar refractivity (Wildman–Crippen MR) is 73.3 cm³/mol. The van der Waals surface area contributed by atoms with E-state index in [1.807, 2.05) is 0 Å². The van der Waals surface area contributed by atoms with Gasteiger partial charge in [-0.2, -0.15) is 0 Å². The molecule has 1 amide bonds. The summed E-state index contributed by atoms with van der Waals surface area (Å²) >= 11 is 5.62. The number of ether oxygens (including phenoxy) is 1. The van der Waals surface area contributed by atoms with E-state index >= 15 is 0 Å². The number of hydrogen-bond donors (Lipinski definition) is 2. The van der Waals surface area contributed by atoms with Crippen LogP contribution >= 0.6 is 11.6 Å². The topological polar surface area (TPSA) is 58.6 Å². The molecule has 1 aromatic carbocycles. The first kappa shape index (κ1) is 15.1. The van der Waals surface area contributed by atoms with Crippen molar-refractivity contribution in [2.75, 3.05) is 13.2 Å². The first-order chi connectivity index (χ1) is 9.60. The van der Waals surface area contributed by atoms with Crippen LogP contribution in [-0.2, 0) is 4.79 Å². The Morgan fingerprint density at radius 3 is 2.90 bits per heavy atom. The highest BCUT2D eigenvalue weighted by Gasteiger charge is 2.31. The maximum Gasteiger partial charge on any atom is 0.258 e. The minimum Gasteiger partial charge on any atom is -0.484 e. The van der Waals surface area contributed by atoms with Gasteiger partial charge in [-0.3, -0.25) is 4.79 Å². The molecule has 2 N–H and O–H groups in total. The summed E-state index contributed by atoms with van der Waals surface area (Å²) < 4.78 is 18.2. The summed E-state index contributed by atoms with van der Waals surface area (Å²) in [4.78, 5) is 11.8. The van der Waals surface area contributed by atoms with Gasteiger partial charge in [0.1, 0.15) is 11.6 Å². The van der Waals surface area contributed by atoms with E-state index < -0.39 is 5.82 Å². The standard InChI is InChI=1S/C14H17ClFNO3/c15-11-7-10(3-4-12(11)16)20-8-14(19)17-13(5-6-18)9-1-2-9/h3-4,7,9,13,18H,1-2,5-6,8H2,(H,17,19). The van der Waals surface area contributed by atoms with E-state index in [1.54, 1.807) is 0 Å². The van der Waals surface area contributed by atoms with Crippen LogP contribution in [0.4, 0.5) is 4.39 Å². The minimum atomic E-state index is -0.528. The molecule has 1 unspecified atom stereocenters. The van der Waals surface area contributed by atoms with Crippen LogP contribution < -0.4 is 10.1 Å². The Morgan fingerprint density at radius 2 is 2.30 bits per heavy atom. The van der Waals surface area contributed by atoms with Gasteiger partial charge in [0.25, 0.3) is 5.91 Å². The molecule has 1 aliphatic rings. The first-order valence-corrected chi connectivity index (χ1v) is 6.96. The van der Waals surface area contributed by atoms with Crippen LogP contribution in [0.15, 0.2) is 18.2 Å². The second kappa shape index (κ2) is 6.90. The first-order valence-electron chi connectivity index (χ1n) is 6.58. The van der Waals surface area contributed by atoms with Gasteiger partial charge in [0, 0.05) is 18.7 Å². The van der Waals surface area contributed by atoms with Crippen molar-refractivity contribution in [3.05, 3.63) is 29.0 Å². The molecule has 0 radical (unpaired) electrons. The van der Waals surface area contributed by atoms with Crippen LogP contribution in [0.2, 0.25) is 5.02 Å². The van der Waals surface area contributed by atoms with Crippen LogP contribution in [-0.4, -0.2) is 30.3 Å². The number of nitrogens with one attached hydrogen (secondary N) is 1. The highest BCUT2D eigenvalue weighted by Crippen LogP contribution is 2.33. The Balaban J connectivity index is 1.80. The van der Waals surface area contributed by atoms with E-state index in [1.165, 1.54) is 18.2 Å². The number of carbonyl (C=O) groups is 1. The average Bonchev–Trinajstić information content (AvgIpc) is 3.24. The lowest BCUT2D eigenvalue weighted by Crippen LogP contribution is -2.39. The number of aliphatic hydroxyl groups excluding tert-OH is 1. The van der Waals surface area contributed by atoms with Gasteiger partial charge in [0.05, 0.1) is 5.02 Å². The molecule has 1 fully saturated rings. The van der Waals surface area contributed by atoms with Crippen molar-refractivity contribution in [1.82, 2.24) is 5.32 Å². The molecule has 6 heteroatoms. The number of hydrogen-bond acceptors (Lipinski definition) is 3. The van der Waals surface area contributed by atoms with Crippen LogP contribution in [0.25, 0.3) is 0 Å². The summed E-state index contributed by atoms with van der Waals surface area (Å²) in [7, 11) is 0. The Hall–Kier alpha value is -1.33. The summed E-state index contributed by atoms with van der Waals surface area (Å²) in [6.45, 7) is -0.105.